The van der Waals surface area contributed by atoms with Crippen LogP contribution >= 0.6 is 0 Å². The Hall–Kier alpha value is -6.58. The second kappa shape index (κ2) is 9.96. The summed E-state index contributed by atoms with van der Waals surface area (Å²) in [5, 5.41) is 10.1. The van der Waals surface area contributed by atoms with Crippen LogP contribution in [0.3, 0.4) is 0 Å². The average molecular weight is 627 g/mol. The summed E-state index contributed by atoms with van der Waals surface area (Å²) < 4.78 is 19.6. The van der Waals surface area contributed by atoms with Gasteiger partial charge in [0.1, 0.15) is 33.7 Å². The first kappa shape index (κ1) is 26.5. The number of fused-ring (bicyclic) bond motifs is 10. The molecule has 0 amide bonds. The molecule has 8 aromatic carbocycles. The van der Waals surface area contributed by atoms with Crippen molar-refractivity contribution in [1.82, 2.24) is 0 Å². The van der Waals surface area contributed by atoms with Crippen molar-refractivity contribution in [2.45, 2.75) is 0 Å². The topological polar surface area (TPSA) is 39.4 Å². The van der Waals surface area contributed by atoms with Crippen molar-refractivity contribution in [3.63, 3.8) is 0 Å². The van der Waals surface area contributed by atoms with Crippen molar-refractivity contribution in [1.29, 1.82) is 0 Å². The molecule has 0 fully saturated rings. The van der Waals surface area contributed by atoms with Gasteiger partial charge in [-0.3, -0.25) is 0 Å². The zero-order chi connectivity index (χ0) is 32.1. The van der Waals surface area contributed by atoms with Gasteiger partial charge in [0.2, 0.25) is 0 Å². The normalized spacial score (nSPS) is 12.1. The molecule has 0 N–H and O–H groups in total. The first-order valence-electron chi connectivity index (χ1n) is 16.6. The van der Waals surface area contributed by atoms with E-state index in [1.54, 1.807) is 0 Å². The standard InChI is InChI=1S/C46H26O3/c1-2-12-27(13-3-1)41-26-37-36(25-42-45(46(37)49-41)34-19-9-11-21-39(34)48-42)44-32-17-6-4-15-30(32)43(31-16-5-7-18-33(31)44)28-22-23-40-35(24-28)29-14-8-10-20-38(29)47-40/h1-26H. The van der Waals surface area contributed by atoms with Gasteiger partial charge < -0.3 is 13.3 Å². The van der Waals surface area contributed by atoms with E-state index in [1.807, 2.05) is 30.3 Å². The van der Waals surface area contributed by atoms with Crippen LogP contribution in [0.1, 0.15) is 0 Å². The van der Waals surface area contributed by atoms with Gasteiger partial charge in [0.25, 0.3) is 0 Å². The first-order valence-corrected chi connectivity index (χ1v) is 16.6. The predicted molar refractivity (Wildman–Crippen MR) is 202 cm³/mol. The molecule has 228 valence electrons. The van der Waals surface area contributed by atoms with Gasteiger partial charge in [0.05, 0.1) is 5.39 Å². The molecule has 0 saturated heterocycles. The lowest BCUT2D eigenvalue weighted by Gasteiger charge is -2.18. The quantitative estimate of drug-likeness (QED) is 0.183. The number of benzene rings is 8. The zero-order valence-electron chi connectivity index (χ0n) is 26.2. The molecule has 0 aliphatic rings. The van der Waals surface area contributed by atoms with Crippen LogP contribution in [0.2, 0.25) is 0 Å². The minimum atomic E-state index is 0.812. The molecule has 0 spiro atoms. The molecule has 0 aliphatic carbocycles. The van der Waals surface area contributed by atoms with Crippen molar-refractivity contribution < 1.29 is 13.3 Å². The highest BCUT2D eigenvalue weighted by Crippen LogP contribution is 2.49. The van der Waals surface area contributed by atoms with Gasteiger partial charge in [-0.2, -0.15) is 0 Å². The fourth-order valence-electron chi connectivity index (χ4n) is 7.95. The smallest absolute Gasteiger partial charge is 0.147 e. The lowest BCUT2D eigenvalue weighted by atomic mass is 9.84. The highest BCUT2D eigenvalue weighted by atomic mass is 16.3. The second-order valence-corrected chi connectivity index (χ2v) is 12.8. The van der Waals surface area contributed by atoms with E-state index in [4.69, 9.17) is 13.3 Å². The van der Waals surface area contributed by atoms with Gasteiger partial charge in [-0.15, -0.1) is 0 Å². The van der Waals surface area contributed by atoms with Gasteiger partial charge >= 0.3 is 0 Å². The second-order valence-electron chi connectivity index (χ2n) is 12.8. The highest BCUT2D eigenvalue weighted by Gasteiger charge is 2.24. The van der Waals surface area contributed by atoms with Crippen LogP contribution in [0.15, 0.2) is 171 Å². The van der Waals surface area contributed by atoms with Gasteiger partial charge in [0, 0.05) is 27.1 Å². The van der Waals surface area contributed by atoms with E-state index in [0.717, 1.165) is 82.9 Å². The van der Waals surface area contributed by atoms with E-state index in [-0.39, 0.29) is 0 Å². The number of hydrogen-bond acceptors (Lipinski definition) is 3. The SMILES string of the molecule is c1ccc(-c2cc3c(-c4c5ccccc5c(-c5ccc6oc7ccccc7c6c5)c5ccccc45)cc4oc5ccccc5c4c3o2)cc1. The van der Waals surface area contributed by atoms with Crippen LogP contribution in [0.5, 0.6) is 0 Å². The van der Waals surface area contributed by atoms with Crippen molar-refractivity contribution in [3.8, 4) is 33.6 Å². The minimum absolute atomic E-state index is 0.812. The summed E-state index contributed by atoms with van der Waals surface area (Å²) in [6.07, 6.45) is 0. The van der Waals surface area contributed by atoms with Crippen LogP contribution in [-0.4, -0.2) is 0 Å². The summed E-state index contributed by atoms with van der Waals surface area (Å²) in [5.41, 5.74) is 9.95. The molecule has 3 heteroatoms. The highest BCUT2D eigenvalue weighted by molar-refractivity contribution is 6.27. The molecular formula is C46H26O3. The summed E-state index contributed by atoms with van der Waals surface area (Å²) in [4.78, 5) is 0. The van der Waals surface area contributed by atoms with Crippen LogP contribution < -0.4 is 0 Å². The molecule has 11 rings (SSSR count). The van der Waals surface area contributed by atoms with Crippen LogP contribution in [-0.2, 0) is 0 Å². The maximum Gasteiger partial charge on any atom is 0.147 e. The van der Waals surface area contributed by atoms with Crippen molar-refractivity contribution in [2.24, 2.45) is 0 Å². The molecule has 0 aliphatic heterocycles. The molecule has 49 heavy (non-hydrogen) atoms. The summed E-state index contributed by atoms with van der Waals surface area (Å²) >= 11 is 0. The van der Waals surface area contributed by atoms with E-state index in [1.165, 1.54) is 27.1 Å². The van der Waals surface area contributed by atoms with E-state index < -0.39 is 0 Å². The zero-order valence-corrected chi connectivity index (χ0v) is 26.2. The Morgan fingerprint density at radius 1 is 0.306 bits per heavy atom. The van der Waals surface area contributed by atoms with Gasteiger partial charge in [0.15, 0.2) is 0 Å². The van der Waals surface area contributed by atoms with E-state index >= 15 is 0 Å². The maximum atomic E-state index is 6.81. The molecule has 0 unspecified atom stereocenters. The van der Waals surface area contributed by atoms with Crippen LogP contribution in [0.25, 0.3) is 110 Å². The summed E-state index contributed by atoms with van der Waals surface area (Å²) in [6, 6.07) is 55.4. The maximum absolute atomic E-state index is 6.81. The fraction of sp³-hybridized carbons (Fsp3) is 0. The molecule has 0 radical (unpaired) electrons. The Labute approximate surface area is 280 Å². The molecule has 0 bridgehead atoms. The summed E-state index contributed by atoms with van der Waals surface area (Å²) in [7, 11) is 0. The molecule has 3 heterocycles. The van der Waals surface area contributed by atoms with Gasteiger partial charge in [-0.05, 0) is 80.2 Å². The third-order valence-corrected chi connectivity index (χ3v) is 10.1. The number of furan rings is 3. The summed E-state index contributed by atoms with van der Waals surface area (Å²) in [6.45, 7) is 0. The van der Waals surface area contributed by atoms with Crippen molar-refractivity contribution >= 4 is 76.4 Å². The Balaban J connectivity index is 1.27. The average Bonchev–Trinajstić information content (AvgIpc) is 3.87. The van der Waals surface area contributed by atoms with Crippen LogP contribution in [0, 0.1) is 0 Å². The molecular weight excluding hydrogens is 601 g/mol. The monoisotopic (exact) mass is 626 g/mol. The van der Waals surface area contributed by atoms with Crippen molar-refractivity contribution in [2.75, 3.05) is 0 Å². The third-order valence-electron chi connectivity index (χ3n) is 10.1. The van der Waals surface area contributed by atoms with Gasteiger partial charge in [-0.25, -0.2) is 0 Å². The predicted octanol–water partition coefficient (Wildman–Crippen LogP) is 13.5. The third kappa shape index (κ3) is 3.78. The first-order chi connectivity index (χ1) is 24.3. The summed E-state index contributed by atoms with van der Waals surface area (Å²) in [5.74, 6) is 0.834. The largest absolute Gasteiger partial charge is 0.456 e. The number of rotatable bonds is 3. The lowest BCUT2D eigenvalue weighted by Crippen LogP contribution is -1.91. The molecule has 11 aromatic rings. The Bertz CT molecular complexity index is 3040. The minimum Gasteiger partial charge on any atom is -0.456 e. The van der Waals surface area contributed by atoms with Crippen molar-refractivity contribution in [3.05, 3.63) is 158 Å². The number of para-hydroxylation sites is 2. The van der Waals surface area contributed by atoms with Crippen LogP contribution in [0.4, 0.5) is 0 Å². The Morgan fingerprint density at radius 3 is 1.57 bits per heavy atom. The Morgan fingerprint density at radius 2 is 0.857 bits per heavy atom. The lowest BCUT2D eigenvalue weighted by molar-refractivity contribution is 0.633. The van der Waals surface area contributed by atoms with E-state index in [0.29, 0.717) is 0 Å². The molecule has 0 saturated carbocycles. The van der Waals surface area contributed by atoms with Gasteiger partial charge in [-0.1, -0.05) is 121 Å². The molecule has 3 nitrogen and oxygen atoms in total. The molecule has 3 aromatic heterocycles. The Kier molecular flexibility index (Phi) is 5.38. The number of hydrogen-bond donors (Lipinski definition) is 0. The van der Waals surface area contributed by atoms with E-state index in [9.17, 15) is 0 Å². The fourth-order valence-corrected chi connectivity index (χ4v) is 7.95. The van der Waals surface area contributed by atoms with E-state index in [2.05, 4.69) is 127 Å². The molecule has 0 atom stereocenters.